The Hall–Kier alpha value is -1.94. The lowest BCUT2D eigenvalue weighted by atomic mass is 10.1. The van der Waals surface area contributed by atoms with Crippen LogP contribution >= 0.6 is 0 Å². The lowest BCUT2D eigenvalue weighted by molar-refractivity contribution is -0.124. The summed E-state index contributed by atoms with van der Waals surface area (Å²) in [5.41, 5.74) is 2.68. The minimum Gasteiger partial charge on any atom is -0.368 e. The fourth-order valence-electron chi connectivity index (χ4n) is 2.44. The zero-order valence-electron chi connectivity index (χ0n) is 10.8. The largest absolute Gasteiger partial charge is 0.368 e. The van der Waals surface area contributed by atoms with Crippen LogP contribution in [0.4, 0.5) is 5.69 Å². The second-order valence-corrected chi connectivity index (χ2v) is 4.88. The number of nitrogens with one attached hydrogen (secondary N) is 1. The monoisotopic (exact) mass is 256 g/mol. The third kappa shape index (κ3) is 2.44. The predicted octanol–water partition coefficient (Wildman–Crippen LogP) is 2.66. The zero-order chi connectivity index (χ0) is 13.2. The lowest BCUT2D eigenvalue weighted by Crippen LogP contribution is -2.27. The molecule has 1 amide bonds. The van der Waals surface area contributed by atoms with E-state index in [0.717, 1.165) is 35.0 Å². The Morgan fingerprint density at radius 3 is 3.16 bits per heavy atom. The van der Waals surface area contributed by atoms with Crippen molar-refractivity contribution in [3.63, 3.8) is 0 Å². The summed E-state index contributed by atoms with van der Waals surface area (Å²) in [6, 6.07) is 7.90. The molecule has 0 aliphatic carbocycles. The Morgan fingerprint density at radius 2 is 2.37 bits per heavy atom. The average molecular weight is 256 g/mol. The van der Waals surface area contributed by atoms with Crippen LogP contribution in [0.5, 0.6) is 0 Å². The van der Waals surface area contributed by atoms with Gasteiger partial charge in [-0.15, -0.1) is 0 Å². The first-order valence-corrected chi connectivity index (χ1v) is 6.52. The molecule has 1 aliphatic rings. The number of ether oxygens (including phenoxy) is 1. The number of hydrogen-bond acceptors (Lipinski definition) is 3. The summed E-state index contributed by atoms with van der Waals surface area (Å²) in [6.07, 6.45) is 3.16. The minimum absolute atomic E-state index is 0.0740. The van der Waals surface area contributed by atoms with Gasteiger partial charge in [0.2, 0.25) is 0 Å². The van der Waals surface area contributed by atoms with Gasteiger partial charge >= 0.3 is 0 Å². The number of aryl methyl sites for hydroxylation is 1. The molecule has 1 fully saturated rings. The molecule has 1 atom stereocenters. The summed E-state index contributed by atoms with van der Waals surface area (Å²) in [5.74, 6) is -0.0740. The van der Waals surface area contributed by atoms with Gasteiger partial charge in [0.25, 0.3) is 5.91 Å². The van der Waals surface area contributed by atoms with Gasteiger partial charge in [0.05, 0.1) is 11.2 Å². The number of carbonyl (C=O) groups is 1. The molecule has 98 valence electrons. The van der Waals surface area contributed by atoms with Crippen LogP contribution in [0.1, 0.15) is 18.4 Å². The highest BCUT2D eigenvalue weighted by molar-refractivity contribution is 6.02. The Labute approximate surface area is 111 Å². The van der Waals surface area contributed by atoms with Crippen LogP contribution in [0.2, 0.25) is 0 Å². The maximum atomic E-state index is 12.1. The van der Waals surface area contributed by atoms with Crippen molar-refractivity contribution in [2.45, 2.75) is 25.9 Å². The summed E-state index contributed by atoms with van der Waals surface area (Å²) in [7, 11) is 0. The van der Waals surface area contributed by atoms with Crippen LogP contribution in [0, 0.1) is 6.92 Å². The number of anilines is 1. The number of pyridine rings is 1. The lowest BCUT2D eigenvalue weighted by Gasteiger charge is -2.12. The van der Waals surface area contributed by atoms with Gasteiger partial charge in [0.1, 0.15) is 6.10 Å². The molecule has 1 saturated heterocycles. The van der Waals surface area contributed by atoms with Gasteiger partial charge in [0.15, 0.2) is 0 Å². The first-order chi connectivity index (χ1) is 9.24. The highest BCUT2D eigenvalue weighted by Crippen LogP contribution is 2.24. The molecule has 3 rings (SSSR count). The molecule has 0 bridgehead atoms. The molecule has 1 aromatic heterocycles. The van der Waals surface area contributed by atoms with E-state index >= 15 is 0 Å². The van der Waals surface area contributed by atoms with E-state index in [9.17, 15) is 4.79 Å². The molecular formula is C15H16N2O2. The van der Waals surface area contributed by atoms with Crippen molar-refractivity contribution in [2.75, 3.05) is 11.9 Å². The molecule has 0 saturated carbocycles. The molecule has 1 N–H and O–H groups in total. The van der Waals surface area contributed by atoms with Crippen molar-refractivity contribution in [3.8, 4) is 0 Å². The molecule has 4 heteroatoms. The van der Waals surface area contributed by atoms with E-state index in [-0.39, 0.29) is 12.0 Å². The zero-order valence-corrected chi connectivity index (χ0v) is 10.8. The van der Waals surface area contributed by atoms with Crippen LogP contribution in [-0.4, -0.2) is 23.6 Å². The minimum atomic E-state index is -0.320. The van der Waals surface area contributed by atoms with E-state index < -0.39 is 0 Å². The first kappa shape index (κ1) is 12.1. The first-order valence-electron chi connectivity index (χ1n) is 6.52. The fourth-order valence-corrected chi connectivity index (χ4v) is 2.44. The van der Waals surface area contributed by atoms with Crippen LogP contribution in [0.15, 0.2) is 30.5 Å². The number of carbonyl (C=O) groups excluding carboxylic acids is 1. The number of benzene rings is 1. The molecule has 0 spiro atoms. The summed E-state index contributed by atoms with van der Waals surface area (Å²) in [5, 5.41) is 3.97. The third-order valence-electron chi connectivity index (χ3n) is 3.33. The molecular weight excluding hydrogens is 240 g/mol. The number of nitrogens with zero attached hydrogens (tertiary/aromatic N) is 1. The maximum Gasteiger partial charge on any atom is 0.253 e. The number of rotatable bonds is 2. The maximum absolute atomic E-state index is 12.1. The number of hydrogen-bond donors (Lipinski definition) is 1. The van der Waals surface area contributed by atoms with Crippen molar-refractivity contribution >= 4 is 22.5 Å². The van der Waals surface area contributed by atoms with Gasteiger partial charge in [-0.2, -0.15) is 0 Å². The van der Waals surface area contributed by atoms with Crippen molar-refractivity contribution < 1.29 is 9.53 Å². The second kappa shape index (κ2) is 4.97. The van der Waals surface area contributed by atoms with E-state index in [1.54, 1.807) is 6.20 Å². The van der Waals surface area contributed by atoms with Gasteiger partial charge in [-0.05, 0) is 43.5 Å². The standard InChI is InChI=1S/C15H16N2O2/c1-10-8-11-4-2-6-16-14(11)12(9-10)17-15(18)13-5-3-7-19-13/h2,4,6,8-9,13H,3,5,7H2,1H3,(H,17,18). The van der Waals surface area contributed by atoms with Gasteiger partial charge < -0.3 is 10.1 Å². The number of fused-ring (bicyclic) bond motifs is 1. The number of amides is 1. The Balaban J connectivity index is 1.93. The molecule has 1 unspecified atom stereocenters. The Morgan fingerprint density at radius 1 is 1.47 bits per heavy atom. The fraction of sp³-hybridized carbons (Fsp3) is 0.333. The number of aromatic nitrogens is 1. The summed E-state index contributed by atoms with van der Waals surface area (Å²) in [6.45, 7) is 2.68. The highest BCUT2D eigenvalue weighted by Gasteiger charge is 2.24. The van der Waals surface area contributed by atoms with Crippen LogP contribution in [0.3, 0.4) is 0 Å². The third-order valence-corrected chi connectivity index (χ3v) is 3.33. The summed E-state index contributed by atoms with van der Waals surface area (Å²) < 4.78 is 5.40. The van der Waals surface area contributed by atoms with Crippen LogP contribution < -0.4 is 5.32 Å². The molecule has 2 heterocycles. The van der Waals surface area contributed by atoms with E-state index in [0.29, 0.717) is 6.61 Å². The quantitative estimate of drug-likeness (QED) is 0.898. The molecule has 1 aliphatic heterocycles. The van der Waals surface area contributed by atoms with Gasteiger partial charge in [-0.1, -0.05) is 6.07 Å². The molecule has 1 aromatic carbocycles. The summed E-state index contributed by atoms with van der Waals surface area (Å²) in [4.78, 5) is 16.5. The Kier molecular flexibility index (Phi) is 3.17. The van der Waals surface area contributed by atoms with Crippen molar-refractivity contribution in [1.82, 2.24) is 4.98 Å². The van der Waals surface area contributed by atoms with E-state index in [1.807, 2.05) is 25.1 Å². The normalized spacial score (nSPS) is 18.7. The second-order valence-electron chi connectivity index (χ2n) is 4.88. The van der Waals surface area contributed by atoms with Crippen molar-refractivity contribution in [1.29, 1.82) is 0 Å². The van der Waals surface area contributed by atoms with Crippen LogP contribution in [0.25, 0.3) is 10.9 Å². The average Bonchev–Trinajstić information content (AvgIpc) is 2.92. The topological polar surface area (TPSA) is 51.2 Å². The summed E-state index contributed by atoms with van der Waals surface area (Å²) >= 11 is 0. The van der Waals surface area contributed by atoms with Gasteiger partial charge in [-0.3, -0.25) is 9.78 Å². The Bertz CT molecular complexity index is 619. The molecule has 2 aromatic rings. The SMILES string of the molecule is Cc1cc(NC(=O)C2CCCO2)c2ncccc2c1. The van der Waals surface area contributed by atoms with Gasteiger partial charge in [-0.25, -0.2) is 0 Å². The highest BCUT2D eigenvalue weighted by atomic mass is 16.5. The van der Waals surface area contributed by atoms with Crippen molar-refractivity contribution in [3.05, 3.63) is 36.0 Å². The smallest absolute Gasteiger partial charge is 0.253 e. The van der Waals surface area contributed by atoms with Crippen molar-refractivity contribution in [2.24, 2.45) is 0 Å². The molecule has 0 radical (unpaired) electrons. The van der Waals surface area contributed by atoms with Gasteiger partial charge in [0, 0.05) is 18.2 Å². The molecule has 19 heavy (non-hydrogen) atoms. The van der Waals surface area contributed by atoms with Crippen LogP contribution in [-0.2, 0) is 9.53 Å². The van der Waals surface area contributed by atoms with E-state index in [4.69, 9.17) is 4.74 Å². The predicted molar refractivity (Wildman–Crippen MR) is 74.1 cm³/mol. The molecule has 4 nitrogen and oxygen atoms in total. The van der Waals surface area contributed by atoms with E-state index in [1.165, 1.54) is 0 Å². The van der Waals surface area contributed by atoms with E-state index in [2.05, 4.69) is 16.4 Å².